The molecule has 2 saturated heterocycles. The number of hydrogen-bond donors (Lipinski definition) is 1. The molecule has 160 valence electrons. The van der Waals surface area contributed by atoms with E-state index in [2.05, 4.69) is 7.05 Å². The normalized spacial score (nSPS) is 28.3. The molecular weight excluding hydrogens is 402 g/mol. The van der Waals surface area contributed by atoms with E-state index < -0.39 is 12.1 Å². The van der Waals surface area contributed by atoms with Crippen LogP contribution in [0, 0.1) is 0 Å². The molecule has 2 aromatic rings. The van der Waals surface area contributed by atoms with Gasteiger partial charge in [0.05, 0.1) is 19.1 Å². The van der Waals surface area contributed by atoms with Crippen molar-refractivity contribution < 1.29 is 36.3 Å². The fourth-order valence-corrected chi connectivity index (χ4v) is 5.07. The van der Waals surface area contributed by atoms with Crippen molar-refractivity contribution in [3.05, 3.63) is 71.8 Å². The molecule has 0 aromatic heterocycles. The highest BCUT2D eigenvalue weighted by molar-refractivity contribution is 5.97. The van der Waals surface area contributed by atoms with Crippen LogP contribution in [0.15, 0.2) is 60.7 Å². The largest absolute Gasteiger partial charge is 1.00 e. The molecular formula is C24H28ClNO4. The molecule has 2 unspecified atom stereocenters. The van der Waals surface area contributed by atoms with Crippen LogP contribution >= 0.6 is 0 Å². The Kier molecular flexibility index (Phi) is 6.96. The number of Topliss-reactive ketones (excluding diaryl/α,β-unsaturated/α-hetero) is 1. The lowest BCUT2D eigenvalue weighted by atomic mass is 9.95. The molecule has 0 aliphatic carbocycles. The van der Waals surface area contributed by atoms with Gasteiger partial charge in [0.15, 0.2) is 6.10 Å². The Morgan fingerprint density at radius 1 is 1.00 bits per heavy atom. The highest BCUT2D eigenvalue weighted by Crippen LogP contribution is 2.42. The van der Waals surface area contributed by atoms with Gasteiger partial charge in [-0.3, -0.25) is 4.79 Å². The number of ether oxygens (including phenoxy) is 1. The van der Waals surface area contributed by atoms with Gasteiger partial charge in [0, 0.05) is 31.2 Å². The Bertz CT molecular complexity index is 859. The van der Waals surface area contributed by atoms with Gasteiger partial charge in [0.2, 0.25) is 5.78 Å². The summed E-state index contributed by atoms with van der Waals surface area (Å²) in [7, 11) is 2.17. The van der Waals surface area contributed by atoms with Crippen molar-refractivity contribution in [2.24, 2.45) is 0 Å². The second-order valence-electron chi connectivity index (χ2n) is 8.52. The molecule has 0 radical (unpaired) electrons. The predicted octanol–water partition coefficient (Wildman–Crippen LogP) is 0.290. The van der Waals surface area contributed by atoms with Crippen molar-refractivity contribution in [2.45, 2.75) is 50.0 Å². The molecule has 0 spiro atoms. The van der Waals surface area contributed by atoms with Crippen LogP contribution in [-0.4, -0.2) is 53.1 Å². The number of hydrogen-bond acceptors (Lipinski definition) is 4. The predicted molar refractivity (Wildman–Crippen MR) is 109 cm³/mol. The smallest absolute Gasteiger partial charge is 0.339 e. The van der Waals surface area contributed by atoms with Gasteiger partial charge in [-0.1, -0.05) is 60.7 Å². The topological polar surface area (TPSA) is 63.6 Å². The van der Waals surface area contributed by atoms with E-state index >= 15 is 0 Å². The SMILES string of the molecule is C[N+]1(CC(=O)c2ccccc2)[C@@H]2CC[C@H]1C[C@@H](OC(=O)C(O)c1ccccc1)C2.[Cl-]. The fourth-order valence-electron chi connectivity index (χ4n) is 5.07. The number of benzene rings is 2. The summed E-state index contributed by atoms with van der Waals surface area (Å²) in [5.41, 5.74) is 1.30. The van der Waals surface area contributed by atoms with Crippen LogP contribution in [-0.2, 0) is 9.53 Å². The maximum Gasteiger partial charge on any atom is 0.339 e. The van der Waals surface area contributed by atoms with Gasteiger partial charge in [-0.25, -0.2) is 4.79 Å². The zero-order chi connectivity index (χ0) is 20.4. The minimum absolute atomic E-state index is 0. The number of likely N-dealkylation sites (N-methyl/N-ethyl adjacent to an activating group) is 1. The maximum absolute atomic E-state index is 12.8. The van der Waals surface area contributed by atoms with Crippen molar-refractivity contribution in [1.82, 2.24) is 0 Å². The molecule has 2 aromatic carbocycles. The van der Waals surface area contributed by atoms with E-state index in [0.29, 0.717) is 24.2 Å². The summed E-state index contributed by atoms with van der Waals surface area (Å²) in [6, 6.07) is 18.9. The van der Waals surface area contributed by atoms with Gasteiger partial charge in [-0.2, -0.15) is 0 Å². The van der Waals surface area contributed by atoms with Crippen molar-refractivity contribution in [1.29, 1.82) is 0 Å². The third-order valence-corrected chi connectivity index (χ3v) is 6.77. The zero-order valence-corrected chi connectivity index (χ0v) is 17.9. The summed E-state index contributed by atoms with van der Waals surface area (Å²) in [6.07, 6.45) is 2.11. The molecule has 2 aliphatic rings. The molecule has 5 nitrogen and oxygen atoms in total. The number of quaternary nitrogens is 1. The van der Waals surface area contributed by atoms with Crippen LogP contribution in [0.5, 0.6) is 0 Å². The van der Waals surface area contributed by atoms with E-state index in [9.17, 15) is 14.7 Å². The number of ketones is 1. The van der Waals surface area contributed by atoms with E-state index in [0.717, 1.165) is 35.7 Å². The van der Waals surface area contributed by atoms with E-state index in [4.69, 9.17) is 4.74 Å². The Balaban J connectivity index is 0.00000256. The van der Waals surface area contributed by atoms with Crippen LogP contribution in [0.3, 0.4) is 0 Å². The van der Waals surface area contributed by atoms with E-state index in [1.165, 1.54) is 0 Å². The number of esters is 1. The van der Waals surface area contributed by atoms with Gasteiger partial charge in [-0.05, 0) is 5.56 Å². The van der Waals surface area contributed by atoms with Crippen LogP contribution in [0.2, 0.25) is 0 Å². The lowest BCUT2D eigenvalue weighted by molar-refractivity contribution is -0.941. The standard InChI is InChI=1S/C24H28NO4.ClH/c1-25(16-22(26)17-8-4-2-5-9-17)19-12-13-20(25)15-21(14-19)29-24(28)23(27)18-10-6-3-7-11-18;/h2-11,19-21,23,27H,12-16H2,1H3;1H/q+1;/p-1/t19-,20+,21+,23?,25?;. The first kappa shape index (κ1) is 22.5. The molecule has 2 heterocycles. The minimum Gasteiger partial charge on any atom is -1.00 e. The Hall–Kier alpha value is -2.21. The van der Waals surface area contributed by atoms with Gasteiger partial charge in [-0.15, -0.1) is 0 Å². The van der Waals surface area contributed by atoms with Crippen LogP contribution < -0.4 is 12.4 Å². The molecule has 2 aliphatic heterocycles. The van der Waals surface area contributed by atoms with Crippen molar-refractivity contribution >= 4 is 11.8 Å². The molecule has 5 atom stereocenters. The number of carbonyl (C=O) groups is 2. The number of halogens is 1. The third-order valence-electron chi connectivity index (χ3n) is 6.77. The van der Waals surface area contributed by atoms with Crippen molar-refractivity contribution in [2.75, 3.05) is 13.6 Å². The Morgan fingerprint density at radius 2 is 1.53 bits per heavy atom. The van der Waals surface area contributed by atoms with Crippen molar-refractivity contribution in [3.8, 4) is 0 Å². The van der Waals surface area contributed by atoms with E-state index in [1.54, 1.807) is 24.3 Å². The summed E-state index contributed by atoms with van der Waals surface area (Å²) in [4.78, 5) is 25.2. The monoisotopic (exact) mass is 429 g/mol. The minimum atomic E-state index is -1.25. The maximum atomic E-state index is 12.8. The quantitative estimate of drug-likeness (QED) is 0.407. The number of rotatable bonds is 6. The third kappa shape index (κ3) is 4.43. The van der Waals surface area contributed by atoms with Crippen LogP contribution in [0.1, 0.15) is 47.7 Å². The lowest BCUT2D eigenvalue weighted by Gasteiger charge is -2.46. The summed E-state index contributed by atoms with van der Waals surface area (Å²) < 4.78 is 6.41. The lowest BCUT2D eigenvalue weighted by Crippen LogP contribution is -3.00. The van der Waals surface area contributed by atoms with Crippen LogP contribution in [0.4, 0.5) is 0 Å². The van der Waals surface area contributed by atoms with Gasteiger partial charge >= 0.3 is 5.97 Å². The number of aliphatic hydroxyl groups is 1. The Morgan fingerprint density at radius 3 is 2.10 bits per heavy atom. The highest BCUT2D eigenvalue weighted by Gasteiger charge is 2.53. The first-order chi connectivity index (χ1) is 14.0. The number of aliphatic hydroxyl groups excluding tert-OH is 1. The number of fused-ring (bicyclic) bond motifs is 2. The molecule has 1 N–H and O–H groups in total. The molecule has 30 heavy (non-hydrogen) atoms. The zero-order valence-electron chi connectivity index (χ0n) is 17.1. The highest BCUT2D eigenvalue weighted by atomic mass is 35.5. The second kappa shape index (κ2) is 9.29. The molecule has 0 saturated carbocycles. The first-order valence-electron chi connectivity index (χ1n) is 10.3. The average Bonchev–Trinajstić information content (AvgIpc) is 2.91. The average molecular weight is 430 g/mol. The number of nitrogens with zero attached hydrogens (tertiary/aromatic N) is 1. The number of carbonyl (C=O) groups excluding carboxylic acids is 2. The molecule has 0 amide bonds. The van der Waals surface area contributed by atoms with Gasteiger partial charge in [0.25, 0.3) is 0 Å². The summed E-state index contributed by atoms with van der Waals surface area (Å²) in [6.45, 7) is 0.479. The number of piperidine rings is 1. The summed E-state index contributed by atoms with van der Waals surface area (Å²) in [5, 5.41) is 10.3. The molecule has 6 heteroatoms. The molecule has 2 bridgehead atoms. The second-order valence-corrected chi connectivity index (χ2v) is 8.52. The molecule has 4 rings (SSSR count). The van der Waals surface area contributed by atoms with Gasteiger partial charge < -0.3 is 26.7 Å². The first-order valence-corrected chi connectivity index (χ1v) is 10.3. The van der Waals surface area contributed by atoms with E-state index in [-0.39, 0.29) is 24.3 Å². The fraction of sp³-hybridized carbons (Fsp3) is 0.417. The summed E-state index contributed by atoms with van der Waals surface area (Å²) in [5.74, 6) is -0.419. The van der Waals surface area contributed by atoms with E-state index in [1.807, 2.05) is 36.4 Å². The Labute approximate surface area is 183 Å². The van der Waals surface area contributed by atoms with Crippen molar-refractivity contribution in [3.63, 3.8) is 0 Å². The molecule has 2 fully saturated rings. The summed E-state index contributed by atoms with van der Waals surface area (Å²) >= 11 is 0. The van der Waals surface area contributed by atoms with Crippen LogP contribution in [0.25, 0.3) is 0 Å². The van der Waals surface area contributed by atoms with Gasteiger partial charge in [0.1, 0.15) is 12.6 Å².